The molecule has 0 amide bonds. The topological polar surface area (TPSA) is 42.7 Å². The summed E-state index contributed by atoms with van der Waals surface area (Å²) in [6.07, 6.45) is 3.70. The van der Waals surface area contributed by atoms with E-state index in [0.29, 0.717) is 0 Å². The van der Waals surface area contributed by atoms with Gasteiger partial charge in [0.25, 0.3) is 0 Å². The number of hydrogen-bond acceptors (Lipinski definition) is 3. The van der Waals surface area contributed by atoms with Gasteiger partial charge in [-0.05, 0) is 25.3 Å². The fraction of sp³-hybridized carbons (Fsp3) is 0.800. The standard InChI is InChI=1S/C10H18N4/c1-3-9-12-10(14(2)13-9)7-11-6-8-4-5-8/h8,11H,3-7H2,1-2H3. The average Bonchev–Trinajstić information content (AvgIpc) is 2.92. The molecule has 14 heavy (non-hydrogen) atoms. The normalized spacial score (nSPS) is 16.1. The maximum Gasteiger partial charge on any atom is 0.150 e. The smallest absolute Gasteiger partial charge is 0.150 e. The lowest BCUT2D eigenvalue weighted by atomic mass is 10.4. The van der Waals surface area contributed by atoms with Crippen molar-refractivity contribution in [3.63, 3.8) is 0 Å². The van der Waals surface area contributed by atoms with E-state index >= 15 is 0 Å². The van der Waals surface area contributed by atoms with Crippen LogP contribution < -0.4 is 5.32 Å². The minimum absolute atomic E-state index is 0.847. The van der Waals surface area contributed by atoms with Crippen LogP contribution in [0, 0.1) is 5.92 Å². The number of nitrogens with zero attached hydrogens (tertiary/aromatic N) is 3. The lowest BCUT2D eigenvalue weighted by Crippen LogP contribution is -2.18. The number of rotatable bonds is 5. The summed E-state index contributed by atoms with van der Waals surface area (Å²) in [6.45, 7) is 4.06. The molecule has 4 nitrogen and oxygen atoms in total. The fourth-order valence-electron chi connectivity index (χ4n) is 1.49. The molecule has 2 rings (SSSR count). The number of aryl methyl sites for hydroxylation is 2. The Hall–Kier alpha value is -0.900. The summed E-state index contributed by atoms with van der Waals surface area (Å²) in [5.74, 6) is 2.91. The maximum atomic E-state index is 4.43. The molecule has 0 aliphatic heterocycles. The molecule has 0 unspecified atom stereocenters. The van der Waals surface area contributed by atoms with Gasteiger partial charge in [0, 0.05) is 13.5 Å². The molecule has 1 aromatic heterocycles. The first kappa shape index (κ1) is 9.65. The zero-order valence-corrected chi connectivity index (χ0v) is 8.95. The van der Waals surface area contributed by atoms with Gasteiger partial charge in [-0.25, -0.2) is 4.98 Å². The molecule has 78 valence electrons. The fourth-order valence-corrected chi connectivity index (χ4v) is 1.49. The molecule has 1 aromatic rings. The summed E-state index contributed by atoms with van der Waals surface area (Å²) in [4.78, 5) is 4.43. The number of nitrogens with one attached hydrogen (secondary N) is 1. The van der Waals surface area contributed by atoms with Crippen LogP contribution in [0.5, 0.6) is 0 Å². The van der Waals surface area contributed by atoms with Gasteiger partial charge < -0.3 is 5.32 Å². The Kier molecular flexibility index (Phi) is 2.82. The first-order chi connectivity index (χ1) is 6.79. The van der Waals surface area contributed by atoms with Crippen LogP contribution >= 0.6 is 0 Å². The second-order valence-corrected chi connectivity index (χ2v) is 4.00. The summed E-state index contributed by atoms with van der Waals surface area (Å²) >= 11 is 0. The van der Waals surface area contributed by atoms with Gasteiger partial charge >= 0.3 is 0 Å². The van der Waals surface area contributed by atoms with Gasteiger partial charge in [0.15, 0.2) is 5.82 Å². The van der Waals surface area contributed by atoms with Crippen molar-refractivity contribution in [3.8, 4) is 0 Å². The second kappa shape index (κ2) is 4.09. The molecule has 1 aliphatic carbocycles. The molecule has 1 heterocycles. The summed E-state index contributed by atoms with van der Waals surface area (Å²) < 4.78 is 1.87. The molecule has 0 spiro atoms. The number of hydrogen-bond donors (Lipinski definition) is 1. The van der Waals surface area contributed by atoms with Crippen LogP contribution in [0.25, 0.3) is 0 Å². The summed E-state index contributed by atoms with van der Waals surface area (Å²) in [6, 6.07) is 0. The third kappa shape index (κ3) is 2.32. The van der Waals surface area contributed by atoms with Crippen molar-refractivity contribution in [2.75, 3.05) is 6.54 Å². The SMILES string of the molecule is CCc1nc(CNCC2CC2)n(C)n1. The van der Waals surface area contributed by atoms with Crippen molar-refractivity contribution < 1.29 is 0 Å². The van der Waals surface area contributed by atoms with Gasteiger partial charge in [-0.3, -0.25) is 4.68 Å². The van der Waals surface area contributed by atoms with Crippen LogP contribution in [0.1, 0.15) is 31.4 Å². The third-order valence-corrected chi connectivity index (χ3v) is 2.63. The van der Waals surface area contributed by atoms with E-state index in [1.165, 1.54) is 12.8 Å². The van der Waals surface area contributed by atoms with E-state index in [-0.39, 0.29) is 0 Å². The lowest BCUT2D eigenvalue weighted by molar-refractivity contribution is 0.589. The molecule has 0 radical (unpaired) electrons. The van der Waals surface area contributed by atoms with E-state index in [0.717, 1.165) is 37.1 Å². The Labute approximate surface area is 84.7 Å². The van der Waals surface area contributed by atoms with Crippen LogP contribution in [0.3, 0.4) is 0 Å². The van der Waals surface area contributed by atoms with Gasteiger partial charge in [0.2, 0.25) is 0 Å². The van der Waals surface area contributed by atoms with Crippen LogP contribution in [0.4, 0.5) is 0 Å². The average molecular weight is 194 g/mol. The molecule has 0 atom stereocenters. The van der Waals surface area contributed by atoms with Crippen molar-refractivity contribution in [2.24, 2.45) is 13.0 Å². The zero-order chi connectivity index (χ0) is 9.97. The van der Waals surface area contributed by atoms with Crippen molar-refractivity contribution in [1.29, 1.82) is 0 Å². The second-order valence-electron chi connectivity index (χ2n) is 4.00. The first-order valence-corrected chi connectivity index (χ1v) is 5.39. The van der Waals surface area contributed by atoms with Crippen molar-refractivity contribution >= 4 is 0 Å². The molecular formula is C10H18N4. The molecule has 1 fully saturated rings. The maximum absolute atomic E-state index is 4.43. The lowest BCUT2D eigenvalue weighted by Gasteiger charge is -2.01. The largest absolute Gasteiger partial charge is 0.310 e. The molecule has 1 N–H and O–H groups in total. The van der Waals surface area contributed by atoms with Crippen LogP contribution in [-0.2, 0) is 20.0 Å². The van der Waals surface area contributed by atoms with Gasteiger partial charge in [-0.15, -0.1) is 0 Å². The Morgan fingerprint density at radius 2 is 2.29 bits per heavy atom. The summed E-state index contributed by atoms with van der Waals surface area (Å²) in [5, 5.41) is 7.73. The van der Waals surface area contributed by atoms with Crippen LogP contribution in [-0.4, -0.2) is 21.3 Å². The predicted molar refractivity (Wildman–Crippen MR) is 54.8 cm³/mol. The Morgan fingerprint density at radius 3 is 2.86 bits per heavy atom. The van der Waals surface area contributed by atoms with E-state index in [9.17, 15) is 0 Å². The van der Waals surface area contributed by atoms with Gasteiger partial charge in [0.05, 0.1) is 6.54 Å². The highest BCUT2D eigenvalue weighted by molar-refractivity contribution is 4.92. The molecule has 4 heteroatoms. The highest BCUT2D eigenvalue weighted by Crippen LogP contribution is 2.27. The van der Waals surface area contributed by atoms with E-state index in [4.69, 9.17) is 0 Å². The zero-order valence-electron chi connectivity index (χ0n) is 8.95. The first-order valence-electron chi connectivity index (χ1n) is 5.39. The number of aromatic nitrogens is 3. The Morgan fingerprint density at radius 1 is 1.50 bits per heavy atom. The predicted octanol–water partition coefficient (Wildman–Crippen LogP) is 0.877. The molecule has 1 saturated carbocycles. The molecule has 0 saturated heterocycles. The van der Waals surface area contributed by atoms with Crippen LogP contribution in [0.15, 0.2) is 0 Å². The minimum Gasteiger partial charge on any atom is -0.310 e. The molecule has 1 aliphatic rings. The highest BCUT2D eigenvalue weighted by Gasteiger charge is 2.20. The molecule has 0 aromatic carbocycles. The monoisotopic (exact) mass is 194 g/mol. The quantitative estimate of drug-likeness (QED) is 0.756. The highest BCUT2D eigenvalue weighted by atomic mass is 15.3. The molecular weight excluding hydrogens is 176 g/mol. The van der Waals surface area contributed by atoms with Crippen LogP contribution in [0.2, 0.25) is 0 Å². The molecule has 0 bridgehead atoms. The third-order valence-electron chi connectivity index (χ3n) is 2.63. The van der Waals surface area contributed by atoms with Crippen molar-refractivity contribution in [3.05, 3.63) is 11.6 Å². The summed E-state index contributed by atoms with van der Waals surface area (Å²) in [5.41, 5.74) is 0. The van der Waals surface area contributed by atoms with E-state index in [1.807, 2.05) is 11.7 Å². The van der Waals surface area contributed by atoms with E-state index in [1.54, 1.807) is 0 Å². The van der Waals surface area contributed by atoms with E-state index < -0.39 is 0 Å². The van der Waals surface area contributed by atoms with Crippen molar-refractivity contribution in [1.82, 2.24) is 20.1 Å². The van der Waals surface area contributed by atoms with E-state index in [2.05, 4.69) is 22.3 Å². The Bertz CT molecular complexity index is 301. The van der Waals surface area contributed by atoms with Crippen molar-refractivity contribution in [2.45, 2.75) is 32.7 Å². The summed E-state index contributed by atoms with van der Waals surface area (Å²) in [7, 11) is 1.96. The minimum atomic E-state index is 0.847. The Balaban J connectivity index is 1.83. The van der Waals surface area contributed by atoms with Gasteiger partial charge in [-0.2, -0.15) is 5.10 Å². The van der Waals surface area contributed by atoms with Gasteiger partial charge in [0.1, 0.15) is 5.82 Å². The van der Waals surface area contributed by atoms with Gasteiger partial charge in [-0.1, -0.05) is 6.92 Å².